The SMILES string of the molecule is O=CCNC(=O)COc1cccc2ccccc12. The highest BCUT2D eigenvalue weighted by atomic mass is 16.5. The monoisotopic (exact) mass is 243 g/mol. The lowest BCUT2D eigenvalue weighted by Crippen LogP contribution is -2.30. The highest BCUT2D eigenvalue weighted by Gasteiger charge is 2.04. The Balaban J connectivity index is 2.08. The second kappa shape index (κ2) is 5.82. The molecule has 0 radical (unpaired) electrons. The number of hydrogen-bond donors (Lipinski definition) is 1. The van der Waals surface area contributed by atoms with Crippen molar-refractivity contribution in [3.8, 4) is 5.75 Å². The van der Waals surface area contributed by atoms with Crippen LogP contribution >= 0.6 is 0 Å². The number of fused-ring (bicyclic) bond motifs is 1. The summed E-state index contributed by atoms with van der Waals surface area (Å²) in [6.07, 6.45) is 0.635. The maximum absolute atomic E-state index is 11.3. The maximum atomic E-state index is 11.3. The van der Waals surface area contributed by atoms with Crippen LogP contribution in [0.5, 0.6) is 5.75 Å². The molecule has 0 aliphatic carbocycles. The van der Waals surface area contributed by atoms with Crippen LogP contribution in [0, 0.1) is 0 Å². The number of rotatable bonds is 5. The van der Waals surface area contributed by atoms with Gasteiger partial charge in [0.2, 0.25) is 0 Å². The summed E-state index contributed by atoms with van der Waals surface area (Å²) < 4.78 is 5.45. The Kier molecular flexibility index (Phi) is 3.91. The number of ether oxygens (including phenoxy) is 1. The summed E-state index contributed by atoms with van der Waals surface area (Å²) in [4.78, 5) is 21.4. The first-order chi connectivity index (χ1) is 8.81. The smallest absolute Gasteiger partial charge is 0.258 e. The molecule has 0 heterocycles. The van der Waals surface area contributed by atoms with Gasteiger partial charge in [-0.15, -0.1) is 0 Å². The number of carbonyl (C=O) groups is 2. The van der Waals surface area contributed by atoms with Crippen molar-refractivity contribution >= 4 is 23.0 Å². The molecule has 0 fully saturated rings. The molecule has 0 bridgehead atoms. The molecule has 2 aromatic carbocycles. The largest absolute Gasteiger partial charge is 0.483 e. The summed E-state index contributed by atoms with van der Waals surface area (Å²) in [6.45, 7) is -0.0838. The summed E-state index contributed by atoms with van der Waals surface area (Å²) in [5.41, 5.74) is 0. The number of carbonyl (C=O) groups excluding carboxylic acids is 2. The van der Waals surface area contributed by atoms with E-state index in [-0.39, 0.29) is 19.1 Å². The normalized spacial score (nSPS) is 10.0. The van der Waals surface area contributed by atoms with Crippen LogP contribution in [0.15, 0.2) is 42.5 Å². The Bertz CT molecular complexity index is 560. The van der Waals surface area contributed by atoms with E-state index < -0.39 is 0 Å². The maximum Gasteiger partial charge on any atom is 0.258 e. The summed E-state index contributed by atoms with van der Waals surface area (Å²) in [6, 6.07) is 13.5. The zero-order chi connectivity index (χ0) is 12.8. The summed E-state index contributed by atoms with van der Waals surface area (Å²) in [5, 5.41) is 4.44. The third-order valence-electron chi connectivity index (χ3n) is 2.49. The van der Waals surface area contributed by atoms with Gasteiger partial charge in [0, 0.05) is 5.39 Å². The third kappa shape index (κ3) is 2.85. The predicted octanol–water partition coefficient (Wildman–Crippen LogP) is 1.53. The number of benzene rings is 2. The molecular formula is C14H13NO3. The number of aldehydes is 1. The van der Waals surface area contributed by atoms with Gasteiger partial charge in [0.15, 0.2) is 6.61 Å². The molecule has 0 saturated carbocycles. The van der Waals surface area contributed by atoms with Crippen LogP contribution in [-0.2, 0) is 9.59 Å². The number of nitrogens with one attached hydrogen (secondary N) is 1. The molecule has 18 heavy (non-hydrogen) atoms. The van der Waals surface area contributed by atoms with Crippen LogP contribution in [0.25, 0.3) is 10.8 Å². The molecule has 0 aliphatic rings. The third-order valence-corrected chi connectivity index (χ3v) is 2.49. The van der Waals surface area contributed by atoms with E-state index in [0.717, 1.165) is 10.8 Å². The fourth-order valence-corrected chi connectivity index (χ4v) is 1.67. The van der Waals surface area contributed by atoms with Gasteiger partial charge in [-0.1, -0.05) is 36.4 Å². The molecule has 4 nitrogen and oxygen atoms in total. The van der Waals surface area contributed by atoms with Crippen molar-refractivity contribution in [3.63, 3.8) is 0 Å². The van der Waals surface area contributed by atoms with Gasteiger partial charge in [0.25, 0.3) is 5.91 Å². The fraction of sp³-hybridized carbons (Fsp3) is 0.143. The van der Waals surface area contributed by atoms with E-state index in [1.807, 2.05) is 42.5 Å². The molecule has 92 valence electrons. The number of hydrogen-bond acceptors (Lipinski definition) is 3. The molecule has 2 rings (SSSR count). The van der Waals surface area contributed by atoms with Crippen molar-refractivity contribution in [1.82, 2.24) is 5.32 Å². The van der Waals surface area contributed by atoms with Crippen molar-refractivity contribution < 1.29 is 14.3 Å². The van der Waals surface area contributed by atoms with Gasteiger partial charge >= 0.3 is 0 Å². The van der Waals surface area contributed by atoms with Gasteiger partial charge in [-0.3, -0.25) is 4.79 Å². The van der Waals surface area contributed by atoms with E-state index in [1.165, 1.54) is 0 Å². The van der Waals surface area contributed by atoms with Gasteiger partial charge < -0.3 is 14.8 Å². The first-order valence-electron chi connectivity index (χ1n) is 5.62. The van der Waals surface area contributed by atoms with Crippen molar-refractivity contribution in [3.05, 3.63) is 42.5 Å². The van der Waals surface area contributed by atoms with E-state index in [2.05, 4.69) is 5.32 Å². The lowest BCUT2D eigenvalue weighted by molar-refractivity contribution is -0.124. The summed E-state index contributed by atoms with van der Waals surface area (Å²) >= 11 is 0. The Labute approximate surface area is 105 Å². The van der Waals surface area contributed by atoms with E-state index in [1.54, 1.807) is 0 Å². The van der Waals surface area contributed by atoms with Crippen molar-refractivity contribution in [2.24, 2.45) is 0 Å². The Morgan fingerprint density at radius 2 is 1.94 bits per heavy atom. The molecule has 0 saturated heterocycles. The van der Waals surface area contributed by atoms with Crippen molar-refractivity contribution in [1.29, 1.82) is 0 Å². The molecule has 0 spiro atoms. The summed E-state index contributed by atoms with van der Waals surface area (Å²) in [7, 11) is 0. The molecule has 4 heteroatoms. The molecule has 0 atom stereocenters. The minimum atomic E-state index is -0.310. The quantitative estimate of drug-likeness (QED) is 0.810. The lowest BCUT2D eigenvalue weighted by Gasteiger charge is -2.08. The highest BCUT2D eigenvalue weighted by Crippen LogP contribution is 2.24. The molecule has 1 N–H and O–H groups in total. The fourth-order valence-electron chi connectivity index (χ4n) is 1.67. The molecule has 1 amide bonds. The van der Waals surface area contributed by atoms with Crippen LogP contribution in [-0.4, -0.2) is 25.3 Å². The highest BCUT2D eigenvalue weighted by molar-refractivity contribution is 5.88. The second-order valence-corrected chi connectivity index (χ2v) is 3.74. The molecule has 0 aliphatic heterocycles. The molecule has 0 unspecified atom stereocenters. The first kappa shape index (κ1) is 12.1. The first-order valence-corrected chi connectivity index (χ1v) is 5.62. The summed E-state index contributed by atoms with van der Waals surface area (Å²) in [5.74, 6) is 0.351. The van der Waals surface area contributed by atoms with Gasteiger partial charge in [-0.2, -0.15) is 0 Å². The predicted molar refractivity (Wildman–Crippen MR) is 68.5 cm³/mol. The zero-order valence-corrected chi connectivity index (χ0v) is 9.76. The van der Waals surface area contributed by atoms with Crippen LogP contribution in [0.2, 0.25) is 0 Å². The van der Waals surface area contributed by atoms with Crippen LogP contribution in [0.4, 0.5) is 0 Å². The van der Waals surface area contributed by atoms with Gasteiger partial charge in [0.05, 0.1) is 6.54 Å². The lowest BCUT2D eigenvalue weighted by atomic mass is 10.1. The van der Waals surface area contributed by atoms with E-state index >= 15 is 0 Å². The molecule has 2 aromatic rings. The average molecular weight is 243 g/mol. The standard InChI is InChI=1S/C14H13NO3/c16-9-8-15-14(17)10-18-13-7-3-5-11-4-1-2-6-12(11)13/h1-7,9H,8,10H2,(H,15,17). The average Bonchev–Trinajstić information content (AvgIpc) is 2.42. The van der Waals surface area contributed by atoms with E-state index in [9.17, 15) is 9.59 Å². The Morgan fingerprint density at radius 1 is 1.17 bits per heavy atom. The minimum absolute atomic E-state index is 0.0116. The molecular weight excluding hydrogens is 230 g/mol. The van der Waals surface area contributed by atoms with Crippen molar-refractivity contribution in [2.45, 2.75) is 0 Å². The zero-order valence-electron chi connectivity index (χ0n) is 9.76. The molecule has 0 aromatic heterocycles. The number of amides is 1. The van der Waals surface area contributed by atoms with Crippen LogP contribution in [0.1, 0.15) is 0 Å². The Hall–Kier alpha value is -2.36. The van der Waals surface area contributed by atoms with E-state index in [0.29, 0.717) is 12.0 Å². The Morgan fingerprint density at radius 3 is 2.78 bits per heavy atom. The minimum Gasteiger partial charge on any atom is -0.483 e. The van der Waals surface area contributed by atoms with Gasteiger partial charge in [0.1, 0.15) is 12.0 Å². The van der Waals surface area contributed by atoms with Gasteiger partial charge in [-0.25, -0.2) is 0 Å². The topological polar surface area (TPSA) is 55.4 Å². The van der Waals surface area contributed by atoms with Crippen LogP contribution in [0.3, 0.4) is 0 Å². The van der Waals surface area contributed by atoms with E-state index in [4.69, 9.17) is 4.74 Å². The van der Waals surface area contributed by atoms with Crippen LogP contribution < -0.4 is 10.1 Å². The van der Waals surface area contributed by atoms with Crippen molar-refractivity contribution in [2.75, 3.05) is 13.2 Å². The van der Waals surface area contributed by atoms with Gasteiger partial charge in [-0.05, 0) is 11.5 Å². The second-order valence-electron chi connectivity index (χ2n) is 3.74.